The fraction of sp³-hybridized carbons (Fsp3) is 0.200. The van der Waals surface area contributed by atoms with E-state index in [1.807, 2.05) is 12.1 Å². The third-order valence-electron chi connectivity index (χ3n) is 2.88. The molecule has 6 heteroatoms. The van der Waals surface area contributed by atoms with E-state index in [4.69, 9.17) is 27.9 Å². The minimum Gasteiger partial charge on any atom is -0.481 e. The minimum atomic E-state index is -0.113. The molecule has 2 rings (SSSR count). The van der Waals surface area contributed by atoms with Crippen LogP contribution < -0.4 is 10.1 Å². The fourth-order valence-corrected chi connectivity index (χ4v) is 2.20. The van der Waals surface area contributed by atoms with Crippen molar-refractivity contribution in [3.05, 3.63) is 52.1 Å². The number of pyridine rings is 1. The number of nitrogens with zero attached hydrogens (tertiary/aromatic N) is 1. The molecule has 1 N–H and O–H groups in total. The van der Waals surface area contributed by atoms with Gasteiger partial charge in [-0.05, 0) is 24.1 Å². The lowest BCUT2D eigenvalue weighted by Gasteiger charge is -2.07. The zero-order chi connectivity index (χ0) is 15.2. The second-order valence-corrected chi connectivity index (χ2v) is 5.14. The largest absolute Gasteiger partial charge is 0.481 e. The van der Waals surface area contributed by atoms with Crippen molar-refractivity contribution in [2.24, 2.45) is 0 Å². The van der Waals surface area contributed by atoms with Crippen LogP contribution in [0.3, 0.4) is 0 Å². The number of halogens is 2. The van der Waals surface area contributed by atoms with Gasteiger partial charge in [-0.2, -0.15) is 0 Å². The summed E-state index contributed by atoms with van der Waals surface area (Å²) >= 11 is 12.0. The number of methoxy groups -OCH3 is 1. The number of ether oxygens (including phenoxy) is 1. The van der Waals surface area contributed by atoms with E-state index in [9.17, 15) is 4.79 Å². The van der Waals surface area contributed by atoms with Crippen LogP contribution in [0.1, 0.15) is 12.0 Å². The second kappa shape index (κ2) is 7.29. The number of rotatable bonds is 5. The molecule has 0 atom stereocenters. The average molecular weight is 325 g/mol. The molecule has 1 aromatic carbocycles. The summed E-state index contributed by atoms with van der Waals surface area (Å²) in [5.74, 6) is 0.386. The molecule has 1 heterocycles. The van der Waals surface area contributed by atoms with Crippen LogP contribution in [0, 0.1) is 0 Å². The third kappa shape index (κ3) is 4.34. The first kappa shape index (κ1) is 15.6. The van der Waals surface area contributed by atoms with E-state index in [-0.39, 0.29) is 5.91 Å². The van der Waals surface area contributed by atoms with Gasteiger partial charge in [-0.25, -0.2) is 4.98 Å². The maximum absolute atomic E-state index is 11.9. The summed E-state index contributed by atoms with van der Waals surface area (Å²) < 4.78 is 4.95. The zero-order valence-electron chi connectivity index (χ0n) is 11.4. The van der Waals surface area contributed by atoms with Gasteiger partial charge in [0.25, 0.3) is 0 Å². The normalized spacial score (nSPS) is 10.2. The van der Waals surface area contributed by atoms with Crippen LogP contribution in [0.2, 0.25) is 10.0 Å². The average Bonchev–Trinajstić information content (AvgIpc) is 2.49. The molecule has 0 bridgehead atoms. The third-order valence-corrected chi connectivity index (χ3v) is 3.74. The van der Waals surface area contributed by atoms with Crippen molar-refractivity contribution in [1.29, 1.82) is 0 Å². The van der Waals surface area contributed by atoms with Gasteiger partial charge >= 0.3 is 0 Å². The van der Waals surface area contributed by atoms with Gasteiger partial charge in [0.2, 0.25) is 11.8 Å². The highest BCUT2D eigenvalue weighted by Gasteiger charge is 2.08. The lowest BCUT2D eigenvalue weighted by molar-refractivity contribution is -0.116. The SMILES string of the molecule is COc1ccc(NC(=O)CCc2cccc(Cl)c2Cl)cn1. The Bertz CT molecular complexity index is 630. The highest BCUT2D eigenvalue weighted by Crippen LogP contribution is 2.26. The quantitative estimate of drug-likeness (QED) is 0.905. The van der Waals surface area contributed by atoms with Gasteiger partial charge < -0.3 is 10.1 Å². The summed E-state index contributed by atoms with van der Waals surface area (Å²) in [5.41, 5.74) is 1.48. The molecule has 0 aliphatic carbocycles. The number of hydrogen-bond donors (Lipinski definition) is 1. The van der Waals surface area contributed by atoms with Crippen LogP contribution in [0.25, 0.3) is 0 Å². The Hall–Kier alpha value is -1.78. The molecule has 4 nitrogen and oxygen atoms in total. The number of anilines is 1. The Labute approximate surface area is 133 Å². The number of hydrogen-bond acceptors (Lipinski definition) is 3. The predicted octanol–water partition coefficient (Wildman–Crippen LogP) is 3.97. The summed E-state index contributed by atoms with van der Waals surface area (Å²) in [5, 5.41) is 3.76. The minimum absolute atomic E-state index is 0.113. The van der Waals surface area contributed by atoms with Gasteiger partial charge in [0.1, 0.15) is 0 Å². The Kier molecular flexibility index (Phi) is 5.42. The molecular weight excluding hydrogens is 311 g/mol. The van der Waals surface area contributed by atoms with Crippen molar-refractivity contribution >= 4 is 34.8 Å². The lowest BCUT2D eigenvalue weighted by Crippen LogP contribution is -2.12. The van der Waals surface area contributed by atoms with Crippen molar-refractivity contribution in [3.63, 3.8) is 0 Å². The van der Waals surface area contributed by atoms with E-state index in [0.717, 1.165) is 5.56 Å². The Morgan fingerprint density at radius 1 is 1.29 bits per heavy atom. The van der Waals surface area contributed by atoms with Crippen LogP contribution >= 0.6 is 23.2 Å². The number of benzene rings is 1. The summed E-state index contributed by atoms with van der Waals surface area (Å²) in [6.45, 7) is 0. The maximum atomic E-state index is 11.9. The molecule has 21 heavy (non-hydrogen) atoms. The monoisotopic (exact) mass is 324 g/mol. The molecule has 0 unspecified atom stereocenters. The van der Waals surface area contributed by atoms with Gasteiger partial charge in [-0.1, -0.05) is 35.3 Å². The first-order valence-corrected chi connectivity index (χ1v) is 7.08. The molecule has 0 radical (unpaired) electrons. The van der Waals surface area contributed by atoms with Gasteiger partial charge in [0.05, 0.1) is 29.0 Å². The molecule has 1 amide bonds. The van der Waals surface area contributed by atoms with Gasteiger partial charge in [0, 0.05) is 12.5 Å². The van der Waals surface area contributed by atoms with Crippen molar-refractivity contribution in [1.82, 2.24) is 4.98 Å². The number of aryl methyl sites for hydroxylation is 1. The summed E-state index contributed by atoms with van der Waals surface area (Å²) in [6, 6.07) is 8.81. The number of amides is 1. The van der Waals surface area contributed by atoms with Gasteiger partial charge in [0.15, 0.2) is 0 Å². The topological polar surface area (TPSA) is 51.2 Å². The molecule has 0 saturated heterocycles. The first-order chi connectivity index (χ1) is 10.1. The van der Waals surface area contributed by atoms with E-state index in [1.165, 1.54) is 7.11 Å². The smallest absolute Gasteiger partial charge is 0.224 e. The Balaban J connectivity index is 1.91. The Morgan fingerprint density at radius 2 is 2.10 bits per heavy atom. The van der Waals surface area contributed by atoms with E-state index in [1.54, 1.807) is 24.4 Å². The molecule has 0 aliphatic heterocycles. The predicted molar refractivity (Wildman–Crippen MR) is 84.2 cm³/mol. The molecular formula is C15H14Cl2N2O2. The number of carbonyl (C=O) groups excluding carboxylic acids is 1. The number of aromatic nitrogens is 1. The van der Waals surface area contributed by atoms with E-state index in [0.29, 0.717) is 34.5 Å². The van der Waals surface area contributed by atoms with Gasteiger partial charge in [-0.15, -0.1) is 0 Å². The van der Waals surface area contributed by atoms with Crippen molar-refractivity contribution in [2.75, 3.05) is 12.4 Å². The maximum Gasteiger partial charge on any atom is 0.224 e. The van der Waals surface area contributed by atoms with E-state index >= 15 is 0 Å². The molecule has 0 fully saturated rings. The number of nitrogens with one attached hydrogen (secondary N) is 1. The lowest BCUT2D eigenvalue weighted by atomic mass is 10.1. The Morgan fingerprint density at radius 3 is 2.76 bits per heavy atom. The van der Waals surface area contributed by atoms with Crippen LogP contribution in [0.15, 0.2) is 36.5 Å². The zero-order valence-corrected chi connectivity index (χ0v) is 12.9. The van der Waals surface area contributed by atoms with Crippen LogP contribution in [-0.4, -0.2) is 18.0 Å². The van der Waals surface area contributed by atoms with Crippen molar-refractivity contribution < 1.29 is 9.53 Å². The fourth-order valence-electron chi connectivity index (χ4n) is 1.79. The molecule has 0 saturated carbocycles. The highest BCUT2D eigenvalue weighted by atomic mass is 35.5. The van der Waals surface area contributed by atoms with E-state index in [2.05, 4.69) is 10.3 Å². The highest BCUT2D eigenvalue weighted by molar-refractivity contribution is 6.42. The number of carbonyl (C=O) groups is 1. The van der Waals surface area contributed by atoms with E-state index < -0.39 is 0 Å². The van der Waals surface area contributed by atoms with Crippen LogP contribution in [-0.2, 0) is 11.2 Å². The van der Waals surface area contributed by atoms with Crippen LogP contribution in [0.5, 0.6) is 5.88 Å². The summed E-state index contributed by atoms with van der Waals surface area (Å²) in [7, 11) is 1.54. The summed E-state index contributed by atoms with van der Waals surface area (Å²) in [6.07, 6.45) is 2.38. The molecule has 0 spiro atoms. The molecule has 1 aromatic heterocycles. The molecule has 0 aliphatic rings. The van der Waals surface area contributed by atoms with Crippen LogP contribution in [0.4, 0.5) is 5.69 Å². The van der Waals surface area contributed by atoms with Gasteiger partial charge in [-0.3, -0.25) is 4.79 Å². The molecule has 2 aromatic rings. The first-order valence-electron chi connectivity index (χ1n) is 6.33. The van der Waals surface area contributed by atoms with Crippen molar-refractivity contribution in [3.8, 4) is 5.88 Å². The molecule has 110 valence electrons. The van der Waals surface area contributed by atoms with Crippen molar-refractivity contribution in [2.45, 2.75) is 12.8 Å². The standard InChI is InChI=1S/C15H14Cl2N2O2/c1-21-14-8-6-11(9-18-14)19-13(20)7-5-10-3-2-4-12(16)15(10)17/h2-4,6,8-9H,5,7H2,1H3,(H,19,20). The second-order valence-electron chi connectivity index (χ2n) is 4.35. The summed E-state index contributed by atoms with van der Waals surface area (Å²) in [4.78, 5) is 15.9.